The van der Waals surface area contributed by atoms with Crippen LogP contribution in [0.2, 0.25) is 0 Å². The van der Waals surface area contributed by atoms with Crippen molar-refractivity contribution in [2.75, 3.05) is 33.3 Å². The first-order valence-electron chi connectivity index (χ1n) is 9.90. The first-order chi connectivity index (χ1) is 13.2. The zero-order chi connectivity index (χ0) is 18.9. The fraction of sp³-hybridized carbons (Fsp3) is 0.435. The molecule has 0 bridgehead atoms. The maximum atomic E-state index is 12.4. The number of hydrogen-bond donors (Lipinski definition) is 1. The Kier molecular flexibility index (Phi) is 7.28. The number of piperidine rings is 1. The lowest BCUT2D eigenvalue weighted by Crippen LogP contribution is -2.43. The summed E-state index contributed by atoms with van der Waals surface area (Å²) in [5.41, 5.74) is 2.62. The van der Waals surface area contributed by atoms with E-state index in [1.165, 1.54) is 11.1 Å². The van der Waals surface area contributed by atoms with Gasteiger partial charge in [-0.2, -0.15) is 0 Å². The highest BCUT2D eigenvalue weighted by Crippen LogP contribution is 2.21. The lowest BCUT2D eigenvalue weighted by Gasteiger charge is -2.32. The topological polar surface area (TPSA) is 41.6 Å². The van der Waals surface area contributed by atoms with E-state index >= 15 is 0 Å². The van der Waals surface area contributed by atoms with Crippen LogP contribution in [0.4, 0.5) is 0 Å². The highest BCUT2D eigenvalue weighted by Gasteiger charge is 2.22. The van der Waals surface area contributed by atoms with Gasteiger partial charge in [0.15, 0.2) is 0 Å². The third-order valence-corrected chi connectivity index (χ3v) is 5.34. The van der Waals surface area contributed by atoms with E-state index in [-0.39, 0.29) is 5.91 Å². The average Bonchev–Trinajstić information content (AvgIpc) is 2.72. The Morgan fingerprint density at radius 2 is 1.81 bits per heavy atom. The lowest BCUT2D eigenvalue weighted by molar-refractivity contribution is -0.131. The molecule has 0 unspecified atom stereocenters. The van der Waals surface area contributed by atoms with Crippen LogP contribution in [0.1, 0.15) is 24.0 Å². The number of amides is 1. The van der Waals surface area contributed by atoms with E-state index in [2.05, 4.69) is 41.7 Å². The van der Waals surface area contributed by atoms with Crippen molar-refractivity contribution in [1.29, 1.82) is 0 Å². The Labute approximate surface area is 162 Å². The second-order valence-corrected chi connectivity index (χ2v) is 7.29. The van der Waals surface area contributed by atoms with Gasteiger partial charge in [-0.1, -0.05) is 42.5 Å². The van der Waals surface area contributed by atoms with E-state index in [0.29, 0.717) is 12.5 Å². The molecular formula is C23H30N2O2. The number of hydrogen-bond acceptors (Lipinski definition) is 3. The zero-order valence-electron chi connectivity index (χ0n) is 16.2. The molecule has 1 amide bonds. The summed E-state index contributed by atoms with van der Waals surface area (Å²) < 4.78 is 5.24. The molecule has 1 saturated heterocycles. The normalized spacial score (nSPS) is 14.9. The van der Waals surface area contributed by atoms with E-state index in [9.17, 15) is 4.79 Å². The van der Waals surface area contributed by atoms with Gasteiger partial charge in [-0.3, -0.25) is 4.79 Å². The van der Waals surface area contributed by atoms with Crippen LogP contribution in [0.5, 0.6) is 5.75 Å². The third kappa shape index (κ3) is 6.10. The smallest absolute Gasteiger partial charge is 0.236 e. The van der Waals surface area contributed by atoms with E-state index in [1.807, 2.05) is 23.1 Å². The number of likely N-dealkylation sites (tertiary alicyclic amines) is 1. The van der Waals surface area contributed by atoms with Crippen molar-refractivity contribution < 1.29 is 9.53 Å². The van der Waals surface area contributed by atoms with Gasteiger partial charge in [0.2, 0.25) is 5.91 Å². The van der Waals surface area contributed by atoms with Crippen LogP contribution < -0.4 is 10.1 Å². The quantitative estimate of drug-likeness (QED) is 0.729. The predicted octanol–water partition coefficient (Wildman–Crippen LogP) is 3.31. The van der Waals surface area contributed by atoms with Gasteiger partial charge in [0.1, 0.15) is 5.75 Å². The second-order valence-electron chi connectivity index (χ2n) is 7.29. The summed E-state index contributed by atoms with van der Waals surface area (Å²) in [4.78, 5) is 14.4. The van der Waals surface area contributed by atoms with Crippen LogP contribution in [0, 0.1) is 5.92 Å². The number of ether oxygens (including phenoxy) is 1. The largest absolute Gasteiger partial charge is 0.497 e. The number of nitrogens with one attached hydrogen (secondary N) is 1. The minimum Gasteiger partial charge on any atom is -0.497 e. The minimum absolute atomic E-state index is 0.221. The van der Waals surface area contributed by atoms with Gasteiger partial charge >= 0.3 is 0 Å². The molecule has 0 aromatic heterocycles. The van der Waals surface area contributed by atoms with Crippen LogP contribution in [0.25, 0.3) is 0 Å². The summed E-state index contributed by atoms with van der Waals surface area (Å²) >= 11 is 0. The molecule has 4 nitrogen and oxygen atoms in total. The van der Waals surface area contributed by atoms with Crippen molar-refractivity contribution in [3.63, 3.8) is 0 Å². The maximum Gasteiger partial charge on any atom is 0.236 e. The summed E-state index contributed by atoms with van der Waals surface area (Å²) in [7, 11) is 1.68. The van der Waals surface area contributed by atoms with Gasteiger partial charge in [0, 0.05) is 13.1 Å². The van der Waals surface area contributed by atoms with E-state index < -0.39 is 0 Å². The fourth-order valence-electron chi connectivity index (χ4n) is 3.70. The van der Waals surface area contributed by atoms with E-state index in [1.54, 1.807) is 7.11 Å². The molecule has 27 heavy (non-hydrogen) atoms. The molecule has 144 valence electrons. The van der Waals surface area contributed by atoms with Crippen molar-refractivity contribution in [2.24, 2.45) is 5.92 Å². The molecule has 0 saturated carbocycles. The molecule has 1 aliphatic rings. The molecule has 2 aromatic rings. The third-order valence-electron chi connectivity index (χ3n) is 5.34. The van der Waals surface area contributed by atoms with Gasteiger partial charge in [-0.25, -0.2) is 0 Å². The Morgan fingerprint density at radius 1 is 1.07 bits per heavy atom. The van der Waals surface area contributed by atoms with Crippen molar-refractivity contribution in [3.8, 4) is 5.75 Å². The monoisotopic (exact) mass is 366 g/mol. The molecule has 1 fully saturated rings. The molecule has 0 spiro atoms. The summed E-state index contributed by atoms with van der Waals surface area (Å²) in [6.45, 7) is 2.98. The highest BCUT2D eigenvalue weighted by atomic mass is 16.5. The second kappa shape index (κ2) is 10.1. The first-order valence-corrected chi connectivity index (χ1v) is 9.90. The SMILES string of the molecule is COc1cccc(CCNCC(=O)N2CCC(Cc3ccccc3)CC2)c1. The first kappa shape index (κ1) is 19.4. The minimum atomic E-state index is 0.221. The molecule has 4 heteroatoms. The summed E-state index contributed by atoms with van der Waals surface area (Å²) in [6, 6.07) is 18.7. The number of rotatable bonds is 8. The van der Waals surface area contributed by atoms with Crippen molar-refractivity contribution in [1.82, 2.24) is 10.2 Å². The van der Waals surface area contributed by atoms with Gasteiger partial charge in [0.25, 0.3) is 0 Å². The van der Waals surface area contributed by atoms with Gasteiger partial charge in [-0.15, -0.1) is 0 Å². The highest BCUT2D eigenvalue weighted by molar-refractivity contribution is 5.78. The summed E-state index contributed by atoms with van der Waals surface area (Å²) in [5.74, 6) is 1.79. The Hall–Kier alpha value is -2.33. The Morgan fingerprint density at radius 3 is 2.56 bits per heavy atom. The number of carbonyl (C=O) groups excluding carboxylic acids is 1. The number of benzene rings is 2. The van der Waals surface area contributed by atoms with Gasteiger partial charge in [0.05, 0.1) is 13.7 Å². The Bertz CT molecular complexity index is 709. The van der Waals surface area contributed by atoms with Crippen LogP contribution in [-0.2, 0) is 17.6 Å². The fourth-order valence-corrected chi connectivity index (χ4v) is 3.70. The number of carbonyl (C=O) groups is 1. The standard InChI is InChI=1S/C23H30N2O2/c1-27-22-9-5-8-20(17-22)10-13-24-18-23(26)25-14-11-21(12-15-25)16-19-6-3-2-4-7-19/h2-9,17,21,24H,10-16,18H2,1H3. The zero-order valence-corrected chi connectivity index (χ0v) is 16.2. The molecular weight excluding hydrogens is 336 g/mol. The lowest BCUT2D eigenvalue weighted by atomic mass is 9.90. The number of methoxy groups -OCH3 is 1. The molecule has 2 aromatic carbocycles. The van der Waals surface area contributed by atoms with Crippen LogP contribution in [0.15, 0.2) is 54.6 Å². The van der Waals surface area contributed by atoms with Gasteiger partial charge < -0.3 is 15.0 Å². The van der Waals surface area contributed by atoms with Crippen LogP contribution >= 0.6 is 0 Å². The molecule has 0 aliphatic carbocycles. The molecule has 1 aliphatic heterocycles. The molecule has 1 heterocycles. The van der Waals surface area contributed by atoms with Crippen LogP contribution in [-0.4, -0.2) is 44.1 Å². The molecule has 0 radical (unpaired) electrons. The molecule has 3 rings (SSSR count). The molecule has 0 atom stereocenters. The predicted molar refractivity (Wildman–Crippen MR) is 109 cm³/mol. The summed E-state index contributed by atoms with van der Waals surface area (Å²) in [6.07, 6.45) is 4.22. The van der Waals surface area contributed by atoms with Crippen molar-refractivity contribution in [2.45, 2.75) is 25.7 Å². The van der Waals surface area contributed by atoms with Crippen molar-refractivity contribution in [3.05, 3.63) is 65.7 Å². The van der Waals surface area contributed by atoms with Crippen LogP contribution in [0.3, 0.4) is 0 Å². The Balaban J connectivity index is 1.33. The maximum absolute atomic E-state index is 12.4. The summed E-state index contributed by atoms with van der Waals surface area (Å²) in [5, 5.41) is 3.29. The molecule has 1 N–H and O–H groups in total. The van der Waals surface area contributed by atoms with Crippen molar-refractivity contribution >= 4 is 5.91 Å². The van der Waals surface area contributed by atoms with E-state index in [0.717, 1.165) is 51.1 Å². The number of nitrogens with zero attached hydrogens (tertiary/aromatic N) is 1. The van der Waals surface area contributed by atoms with E-state index in [4.69, 9.17) is 4.74 Å². The van der Waals surface area contributed by atoms with Gasteiger partial charge in [-0.05, 0) is 61.4 Å². The average molecular weight is 367 g/mol.